The quantitative estimate of drug-likeness (QED) is 0.863. The van der Waals surface area contributed by atoms with Gasteiger partial charge in [0.2, 0.25) is 0 Å². The van der Waals surface area contributed by atoms with Crippen molar-refractivity contribution in [1.82, 2.24) is 10.2 Å². The molecule has 1 aromatic rings. The minimum Gasteiger partial charge on any atom is -0.330 e. The molecule has 2 aliphatic rings. The first-order chi connectivity index (χ1) is 9.71. The summed E-state index contributed by atoms with van der Waals surface area (Å²) < 4.78 is 0. The number of hydrogen-bond acceptors (Lipinski definition) is 2. The van der Waals surface area contributed by atoms with Gasteiger partial charge in [0.05, 0.1) is 5.54 Å². The summed E-state index contributed by atoms with van der Waals surface area (Å²) in [4.78, 5) is 15.0. The predicted octanol–water partition coefficient (Wildman–Crippen LogP) is 3.09. The first kappa shape index (κ1) is 13.9. The van der Waals surface area contributed by atoms with E-state index >= 15 is 0 Å². The lowest BCUT2D eigenvalue weighted by Gasteiger charge is -2.49. The maximum absolute atomic E-state index is 12.9. The Labute approximate surface area is 125 Å². The summed E-state index contributed by atoms with van der Waals surface area (Å²) in [5, 5.41) is 4.10. The van der Waals surface area contributed by atoms with E-state index in [1.807, 2.05) is 18.2 Å². The molecule has 1 amide bonds. The zero-order valence-electron chi connectivity index (χ0n) is 11.7. The second-order valence-corrected chi connectivity index (χ2v) is 6.37. The van der Waals surface area contributed by atoms with E-state index in [1.54, 1.807) is 6.07 Å². The molecule has 1 saturated carbocycles. The van der Waals surface area contributed by atoms with Crippen molar-refractivity contribution in [2.24, 2.45) is 0 Å². The summed E-state index contributed by atoms with van der Waals surface area (Å²) >= 11 is 6.02. The van der Waals surface area contributed by atoms with Crippen LogP contribution in [0.4, 0.5) is 0 Å². The third-order valence-corrected chi connectivity index (χ3v) is 4.87. The van der Waals surface area contributed by atoms with Gasteiger partial charge in [0.25, 0.3) is 5.91 Å². The fourth-order valence-electron chi connectivity index (χ4n) is 3.60. The molecular weight excluding hydrogens is 272 g/mol. The Morgan fingerprint density at radius 2 is 2.05 bits per heavy atom. The number of nitrogens with zero attached hydrogens (tertiary/aromatic N) is 1. The number of benzene rings is 1. The summed E-state index contributed by atoms with van der Waals surface area (Å²) in [7, 11) is 0. The molecule has 1 aliphatic heterocycles. The Hall–Kier alpha value is -1.06. The molecule has 3 nitrogen and oxygen atoms in total. The molecule has 0 aromatic heterocycles. The molecule has 3 rings (SSSR count). The number of piperazine rings is 1. The van der Waals surface area contributed by atoms with Crippen LogP contribution in [0.15, 0.2) is 24.3 Å². The third-order valence-electron chi connectivity index (χ3n) is 4.64. The first-order valence-corrected chi connectivity index (χ1v) is 7.87. The van der Waals surface area contributed by atoms with Crippen molar-refractivity contribution in [3.8, 4) is 0 Å². The minimum atomic E-state index is 0.0237. The van der Waals surface area contributed by atoms with Crippen LogP contribution in [0.5, 0.6) is 0 Å². The highest BCUT2D eigenvalue weighted by Crippen LogP contribution is 2.35. The molecule has 0 radical (unpaired) electrons. The van der Waals surface area contributed by atoms with Crippen molar-refractivity contribution in [2.75, 3.05) is 19.6 Å². The number of amides is 1. The SMILES string of the molecule is O=C(c1cccc(Cl)c1)N1CCNCC12CCCCC2. The molecule has 1 N–H and O–H groups in total. The topological polar surface area (TPSA) is 32.3 Å². The van der Waals surface area contributed by atoms with E-state index in [0.29, 0.717) is 10.6 Å². The number of hydrogen-bond donors (Lipinski definition) is 1. The Morgan fingerprint density at radius 1 is 1.25 bits per heavy atom. The van der Waals surface area contributed by atoms with E-state index in [1.165, 1.54) is 19.3 Å². The van der Waals surface area contributed by atoms with Gasteiger partial charge in [-0.1, -0.05) is 36.9 Å². The molecule has 0 atom stereocenters. The van der Waals surface area contributed by atoms with Crippen LogP contribution in [0, 0.1) is 0 Å². The highest BCUT2D eigenvalue weighted by atomic mass is 35.5. The summed E-state index contributed by atoms with van der Waals surface area (Å²) in [6.45, 7) is 2.61. The van der Waals surface area contributed by atoms with Crippen LogP contribution in [-0.4, -0.2) is 36.0 Å². The second-order valence-electron chi connectivity index (χ2n) is 5.93. The number of carbonyl (C=O) groups is 1. The minimum absolute atomic E-state index is 0.0237. The van der Waals surface area contributed by atoms with Gasteiger partial charge in [0, 0.05) is 30.2 Å². The lowest BCUT2D eigenvalue weighted by molar-refractivity contribution is 0.0222. The fraction of sp³-hybridized carbons (Fsp3) is 0.562. The van der Waals surface area contributed by atoms with Gasteiger partial charge in [-0.25, -0.2) is 0 Å². The lowest BCUT2D eigenvalue weighted by atomic mass is 9.78. The molecular formula is C16H21ClN2O. The maximum Gasteiger partial charge on any atom is 0.254 e. The molecule has 0 bridgehead atoms. The Kier molecular flexibility index (Phi) is 3.99. The summed E-state index contributed by atoms with van der Waals surface area (Å²) in [5.41, 5.74) is 0.736. The fourth-order valence-corrected chi connectivity index (χ4v) is 3.79. The normalized spacial score (nSPS) is 21.9. The maximum atomic E-state index is 12.9. The standard InChI is InChI=1S/C16H21ClN2O/c17-14-6-4-5-13(11-14)15(20)19-10-9-18-12-16(19)7-2-1-3-8-16/h4-6,11,18H,1-3,7-10,12H2. The average molecular weight is 293 g/mol. The molecule has 1 heterocycles. The largest absolute Gasteiger partial charge is 0.330 e. The summed E-state index contributed by atoms with van der Waals surface area (Å²) in [6.07, 6.45) is 5.97. The smallest absolute Gasteiger partial charge is 0.254 e. The van der Waals surface area contributed by atoms with Crippen LogP contribution in [-0.2, 0) is 0 Å². The van der Waals surface area contributed by atoms with E-state index in [-0.39, 0.29) is 11.4 Å². The van der Waals surface area contributed by atoms with Crippen LogP contribution >= 0.6 is 11.6 Å². The van der Waals surface area contributed by atoms with Crippen LogP contribution in [0.1, 0.15) is 42.5 Å². The van der Waals surface area contributed by atoms with E-state index in [4.69, 9.17) is 11.6 Å². The zero-order chi connectivity index (χ0) is 14.0. The molecule has 1 spiro atoms. The first-order valence-electron chi connectivity index (χ1n) is 7.50. The zero-order valence-corrected chi connectivity index (χ0v) is 12.5. The second kappa shape index (κ2) is 5.74. The van der Waals surface area contributed by atoms with Gasteiger partial charge < -0.3 is 10.2 Å². The molecule has 1 saturated heterocycles. The van der Waals surface area contributed by atoms with Crippen molar-refractivity contribution >= 4 is 17.5 Å². The summed E-state index contributed by atoms with van der Waals surface area (Å²) in [6, 6.07) is 7.31. The van der Waals surface area contributed by atoms with Crippen molar-refractivity contribution in [2.45, 2.75) is 37.6 Å². The van der Waals surface area contributed by atoms with Gasteiger partial charge in [-0.2, -0.15) is 0 Å². The summed E-state index contributed by atoms with van der Waals surface area (Å²) in [5.74, 6) is 0.135. The molecule has 20 heavy (non-hydrogen) atoms. The molecule has 4 heteroatoms. The number of carbonyl (C=O) groups excluding carboxylic acids is 1. The van der Waals surface area contributed by atoms with Crippen LogP contribution in [0.3, 0.4) is 0 Å². The van der Waals surface area contributed by atoms with Gasteiger partial charge in [-0.3, -0.25) is 4.79 Å². The predicted molar refractivity (Wildman–Crippen MR) is 81.2 cm³/mol. The number of nitrogens with one attached hydrogen (secondary N) is 1. The Balaban J connectivity index is 1.87. The van der Waals surface area contributed by atoms with E-state index in [2.05, 4.69) is 10.2 Å². The van der Waals surface area contributed by atoms with Crippen molar-refractivity contribution in [3.63, 3.8) is 0 Å². The van der Waals surface area contributed by atoms with Crippen LogP contribution in [0.2, 0.25) is 5.02 Å². The van der Waals surface area contributed by atoms with Gasteiger partial charge in [-0.15, -0.1) is 0 Å². The Bertz CT molecular complexity index is 489. The number of rotatable bonds is 1. The lowest BCUT2D eigenvalue weighted by Crippen LogP contribution is -2.63. The highest BCUT2D eigenvalue weighted by molar-refractivity contribution is 6.30. The average Bonchev–Trinajstić information content (AvgIpc) is 2.48. The molecule has 108 valence electrons. The number of halogens is 1. The van der Waals surface area contributed by atoms with Crippen molar-refractivity contribution < 1.29 is 4.79 Å². The van der Waals surface area contributed by atoms with Gasteiger partial charge in [0.15, 0.2) is 0 Å². The Morgan fingerprint density at radius 3 is 2.80 bits per heavy atom. The van der Waals surface area contributed by atoms with E-state index < -0.39 is 0 Å². The van der Waals surface area contributed by atoms with Crippen LogP contribution in [0.25, 0.3) is 0 Å². The van der Waals surface area contributed by atoms with Gasteiger partial charge >= 0.3 is 0 Å². The van der Waals surface area contributed by atoms with E-state index in [9.17, 15) is 4.79 Å². The van der Waals surface area contributed by atoms with Crippen molar-refractivity contribution in [3.05, 3.63) is 34.9 Å². The molecule has 1 aromatic carbocycles. The monoisotopic (exact) mass is 292 g/mol. The third kappa shape index (κ3) is 2.57. The van der Waals surface area contributed by atoms with Crippen LogP contribution < -0.4 is 5.32 Å². The van der Waals surface area contributed by atoms with Crippen molar-refractivity contribution in [1.29, 1.82) is 0 Å². The molecule has 2 fully saturated rings. The molecule has 1 aliphatic carbocycles. The van der Waals surface area contributed by atoms with E-state index in [0.717, 1.165) is 32.5 Å². The van der Waals surface area contributed by atoms with Gasteiger partial charge in [0.1, 0.15) is 0 Å². The molecule has 0 unspecified atom stereocenters. The highest BCUT2D eigenvalue weighted by Gasteiger charge is 2.42. The van der Waals surface area contributed by atoms with Gasteiger partial charge in [-0.05, 0) is 31.0 Å².